The first-order valence-corrected chi connectivity index (χ1v) is 9.57. The molecular formula is C22H20N6O2. The Hall–Kier alpha value is -3.99. The van der Waals surface area contributed by atoms with Crippen molar-refractivity contribution in [1.29, 1.82) is 5.26 Å². The van der Waals surface area contributed by atoms with Crippen molar-refractivity contribution in [2.24, 2.45) is 0 Å². The lowest BCUT2D eigenvalue weighted by Crippen LogP contribution is -2.08. The third-order valence-corrected chi connectivity index (χ3v) is 5.05. The maximum atomic E-state index is 12.2. The number of nitrogens with two attached hydrogens (primary N) is 1. The highest BCUT2D eigenvalue weighted by atomic mass is 16.5. The van der Waals surface area contributed by atoms with Crippen LogP contribution in [0, 0.1) is 18.3 Å². The fourth-order valence-corrected chi connectivity index (χ4v) is 3.66. The fourth-order valence-electron chi connectivity index (χ4n) is 3.66. The van der Waals surface area contributed by atoms with E-state index in [1.54, 1.807) is 24.3 Å². The third kappa shape index (κ3) is 3.78. The van der Waals surface area contributed by atoms with E-state index in [0.29, 0.717) is 22.6 Å². The van der Waals surface area contributed by atoms with Crippen LogP contribution in [-0.4, -0.2) is 20.7 Å². The number of hydrogen-bond donors (Lipinski definition) is 2. The molecule has 150 valence electrons. The number of nitrogens with one attached hydrogen (secondary N) is 1. The van der Waals surface area contributed by atoms with Crippen LogP contribution in [0.1, 0.15) is 46.0 Å². The number of Topliss-reactive ketones (excluding diaryl/α,β-unsaturated/α-hetero) is 1. The Kier molecular flexibility index (Phi) is 5.02. The van der Waals surface area contributed by atoms with Crippen LogP contribution in [0.4, 0.5) is 17.6 Å². The molecule has 0 aliphatic heterocycles. The second kappa shape index (κ2) is 7.79. The van der Waals surface area contributed by atoms with Crippen LogP contribution in [-0.2, 0) is 12.8 Å². The molecule has 0 bridgehead atoms. The fraction of sp³-hybridized carbons (Fsp3) is 0.227. The molecule has 3 aromatic rings. The summed E-state index contributed by atoms with van der Waals surface area (Å²) in [5.41, 5.74) is 10.9. The predicted molar refractivity (Wildman–Crippen MR) is 112 cm³/mol. The summed E-state index contributed by atoms with van der Waals surface area (Å²) in [6.45, 7) is 3.53. The van der Waals surface area contributed by atoms with Crippen LogP contribution < -0.4 is 15.8 Å². The SMILES string of the molecule is CC(=O)c1cc(C)c2c(c1Oc1nc(N)nc(Nc3ccc(C#N)cc3)n1)CCC2. The molecule has 3 N–H and O–H groups in total. The highest BCUT2D eigenvalue weighted by molar-refractivity contribution is 5.98. The number of ether oxygens (including phenoxy) is 1. The number of carbonyl (C=O) groups is 1. The van der Waals surface area contributed by atoms with Crippen molar-refractivity contribution >= 4 is 23.4 Å². The molecule has 2 aromatic carbocycles. The van der Waals surface area contributed by atoms with Crippen molar-refractivity contribution in [1.82, 2.24) is 15.0 Å². The predicted octanol–water partition coefficient (Wildman–Crippen LogP) is 3.86. The van der Waals surface area contributed by atoms with Crippen molar-refractivity contribution in [3.63, 3.8) is 0 Å². The lowest BCUT2D eigenvalue weighted by atomic mass is 9.97. The number of hydrogen-bond acceptors (Lipinski definition) is 8. The Morgan fingerprint density at radius 3 is 2.60 bits per heavy atom. The van der Waals surface area contributed by atoms with E-state index >= 15 is 0 Å². The summed E-state index contributed by atoms with van der Waals surface area (Å²) in [7, 11) is 0. The summed E-state index contributed by atoms with van der Waals surface area (Å²) in [5.74, 6) is 0.607. The van der Waals surface area contributed by atoms with Gasteiger partial charge in [-0.2, -0.15) is 20.2 Å². The summed E-state index contributed by atoms with van der Waals surface area (Å²) in [5, 5.41) is 11.9. The van der Waals surface area contributed by atoms with Crippen LogP contribution in [0.15, 0.2) is 30.3 Å². The highest BCUT2D eigenvalue weighted by Gasteiger charge is 2.24. The normalized spacial score (nSPS) is 12.2. The molecule has 0 atom stereocenters. The van der Waals surface area contributed by atoms with Crippen LogP contribution in [0.25, 0.3) is 0 Å². The molecule has 8 nitrogen and oxygen atoms in total. The van der Waals surface area contributed by atoms with Gasteiger partial charge in [-0.15, -0.1) is 0 Å². The van der Waals surface area contributed by atoms with Crippen molar-refractivity contribution in [2.45, 2.75) is 33.1 Å². The van der Waals surface area contributed by atoms with E-state index in [4.69, 9.17) is 15.7 Å². The van der Waals surface area contributed by atoms with Gasteiger partial charge in [-0.05, 0) is 80.1 Å². The molecule has 0 unspecified atom stereocenters. The van der Waals surface area contributed by atoms with E-state index in [1.165, 1.54) is 12.5 Å². The minimum atomic E-state index is -0.0826. The molecule has 1 aliphatic rings. The second-order valence-electron chi connectivity index (χ2n) is 7.15. The van der Waals surface area contributed by atoms with Crippen LogP contribution in [0.5, 0.6) is 11.8 Å². The Bertz CT molecular complexity index is 1180. The van der Waals surface area contributed by atoms with Crippen molar-refractivity contribution in [3.05, 3.63) is 58.1 Å². The lowest BCUT2D eigenvalue weighted by molar-refractivity contribution is 0.101. The molecule has 1 heterocycles. The number of aryl methyl sites for hydroxylation is 1. The summed E-state index contributed by atoms with van der Waals surface area (Å²) >= 11 is 0. The number of nitrogens with zero attached hydrogens (tertiary/aromatic N) is 4. The Labute approximate surface area is 173 Å². The van der Waals surface area contributed by atoms with Gasteiger partial charge >= 0.3 is 6.01 Å². The molecule has 4 rings (SSSR count). The molecule has 0 fully saturated rings. The van der Waals surface area contributed by atoms with E-state index in [0.717, 1.165) is 30.4 Å². The van der Waals surface area contributed by atoms with Gasteiger partial charge in [0.25, 0.3) is 0 Å². The Morgan fingerprint density at radius 1 is 1.17 bits per heavy atom. The van der Waals surface area contributed by atoms with Gasteiger partial charge in [0, 0.05) is 5.69 Å². The molecular weight excluding hydrogens is 380 g/mol. The van der Waals surface area contributed by atoms with Gasteiger partial charge in [0.2, 0.25) is 11.9 Å². The first-order chi connectivity index (χ1) is 14.4. The third-order valence-electron chi connectivity index (χ3n) is 5.05. The van der Waals surface area contributed by atoms with Gasteiger partial charge in [0.15, 0.2) is 5.78 Å². The van der Waals surface area contributed by atoms with Gasteiger partial charge in [0.1, 0.15) is 5.75 Å². The van der Waals surface area contributed by atoms with Crippen LogP contribution in [0.2, 0.25) is 0 Å². The number of aromatic nitrogens is 3. The zero-order valence-electron chi connectivity index (χ0n) is 16.7. The molecule has 1 aliphatic carbocycles. The molecule has 0 radical (unpaired) electrons. The second-order valence-corrected chi connectivity index (χ2v) is 7.15. The number of rotatable bonds is 5. The highest BCUT2D eigenvalue weighted by Crippen LogP contribution is 2.38. The lowest BCUT2D eigenvalue weighted by Gasteiger charge is -2.15. The number of nitrogen functional groups attached to an aromatic ring is 1. The smallest absolute Gasteiger partial charge is 0.328 e. The van der Waals surface area contributed by atoms with Crippen molar-refractivity contribution in [2.75, 3.05) is 11.1 Å². The maximum absolute atomic E-state index is 12.2. The number of ketones is 1. The van der Waals surface area contributed by atoms with Crippen LogP contribution >= 0.6 is 0 Å². The first-order valence-electron chi connectivity index (χ1n) is 9.57. The molecule has 30 heavy (non-hydrogen) atoms. The molecule has 8 heteroatoms. The summed E-state index contributed by atoms with van der Waals surface area (Å²) in [4.78, 5) is 24.7. The number of fused-ring (bicyclic) bond motifs is 1. The van der Waals surface area contributed by atoms with E-state index in [-0.39, 0.29) is 23.7 Å². The standard InChI is InChI=1S/C22H20N6O2/c1-12-10-18(13(2)29)19(17-5-3-4-16(12)17)30-22-27-20(24)26-21(28-22)25-15-8-6-14(11-23)7-9-15/h6-10H,3-5H2,1-2H3,(H3,24,25,26,27,28). The molecule has 0 spiro atoms. The minimum Gasteiger partial charge on any atom is -0.423 e. The Morgan fingerprint density at radius 2 is 1.90 bits per heavy atom. The number of nitriles is 1. The quantitative estimate of drug-likeness (QED) is 0.618. The topological polar surface area (TPSA) is 127 Å². The van der Waals surface area contributed by atoms with Gasteiger partial charge in [0.05, 0.1) is 17.2 Å². The van der Waals surface area contributed by atoms with Gasteiger partial charge in [-0.3, -0.25) is 4.79 Å². The molecule has 0 saturated heterocycles. The summed E-state index contributed by atoms with van der Waals surface area (Å²) < 4.78 is 6.02. The zero-order valence-corrected chi connectivity index (χ0v) is 16.7. The van der Waals surface area contributed by atoms with Crippen LogP contribution in [0.3, 0.4) is 0 Å². The van der Waals surface area contributed by atoms with Crippen molar-refractivity contribution < 1.29 is 9.53 Å². The van der Waals surface area contributed by atoms with Gasteiger partial charge in [-0.25, -0.2) is 0 Å². The van der Waals surface area contributed by atoms with E-state index in [1.807, 2.05) is 13.0 Å². The first kappa shape index (κ1) is 19.3. The van der Waals surface area contributed by atoms with E-state index < -0.39 is 0 Å². The number of carbonyl (C=O) groups excluding carboxylic acids is 1. The van der Waals surface area contributed by atoms with E-state index in [2.05, 4.69) is 26.3 Å². The number of benzene rings is 2. The Balaban J connectivity index is 1.68. The zero-order chi connectivity index (χ0) is 21.3. The molecule has 0 amide bonds. The van der Waals surface area contributed by atoms with E-state index in [9.17, 15) is 4.79 Å². The summed E-state index contributed by atoms with van der Waals surface area (Å²) in [6.07, 6.45) is 2.81. The average Bonchev–Trinajstić information content (AvgIpc) is 3.21. The number of anilines is 3. The largest absolute Gasteiger partial charge is 0.423 e. The maximum Gasteiger partial charge on any atom is 0.328 e. The van der Waals surface area contributed by atoms with Gasteiger partial charge < -0.3 is 15.8 Å². The van der Waals surface area contributed by atoms with Crippen molar-refractivity contribution in [3.8, 4) is 17.8 Å². The summed E-state index contributed by atoms with van der Waals surface area (Å²) in [6, 6.07) is 10.8. The molecule has 1 aromatic heterocycles. The minimum absolute atomic E-state index is 0.00993. The monoisotopic (exact) mass is 400 g/mol. The molecule has 0 saturated carbocycles. The average molecular weight is 400 g/mol. The van der Waals surface area contributed by atoms with Gasteiger partial charge in [-0.1, -0.05) is 0 Å².